The molecule has 7 nitrogen and oxygen atoms in total. The summed E-state index contributed by atoms with van der Waals surface area (Å²) >= 11 is 0. The van der Waals surface area contributed by atoms with Crippen molar-refractivity contribution in [1.82, 2.24) is 10.7 Å². The summed E-state index contributed by atoms with van der Waals surface area (Å²) in [4.78, 5) is 13.9. The molecule has 0 atom stereocenters. The Kier molecular flexibility index (Phi) is 3.65. The Balaban J connectivity index is 4.52. The summed E-state index contributed by atoms with van der Waals surface area (Å²) in [5.74, 6) is -0.167. The van der Waals surface area contributed by atoms with Crippen LogP contribution in [0.4, 0.5) is 0 Å². The Labute approximate surface area is 75.6 Å². The largest absolute Gasteiger partial charge is 0.267 e. The molecule has 13 heavy (non-hydrogen) atoms. The molecule has 0 saturated heterocycles. The second-order valence-electron chi connectivity index (χ2n) is 3.24. The molecule has 0 aliphatic rings. The van der Waals surface area contributed by atoms with Crippen molar-refractivity contribution >= 4 is 5.96 Å². The first-order valence-corrected chi connectivity index (χ1v) is 3.51. The van der Waals surface area contributed by atoms with Gasteiger partial charge in [0.2, 0.25) is 0 Å². The predicted molar refractivity (Wildman–Crippen MR) is 46.1 cm³/mol. The number of rotatable bonds is 1. The fourth-order valence-electron chi connectivity index (χ4n) is 0.556. The van der Waals surface area contributed by atoms with E-state index in [2.05, 4.69) is 10.3 Å². The number of nitrogens with one attached hydrogen (secondary N) is 2. The number of nitro groups is 1. The smallest absolute Gasteiger partial charge is 0.258 e. The van der Waals surface area contributed by atoms with Crippen molar-refractivity contribution in [2.45, 2.75) is 26.3 Å². The Morgan fingerprint density at radius 1 is 1.62 bits per heavy atom. The zero-order valence-corrected chi connectivity index (χ0v) is 7.66. The summed E-state index contributed by atoms with van der Waals surface area (Å²) in [7, 11) is 0. The van der Waals surface area contributed by atoms with Crippen LogP contribution in [0.5, 0.6) is 0 Å². The summed E-state index contributed by atoms with van der Waals surface area (Å²) in [5, 5.41) is 19.6. The average Bonchev–Trinajstić information content (AvgIpc) is 1.81. The fraction of sp³-hybridized carbons (Fsp3) is 0.667. The maximum absolute atomic E-state index is 10.0. The van der Waals surface area contributed by atoms with Gasteiger partial charge in [-0.05, 0) is 20.8 Å². The summed E-state index contributed by atoms with van der Waals surface area (Å²) in [6, 6.07) is 0. The molecule has 0 unspecified atom stereocenters. The van der Waals surface area contributed by atoms with E-state index in [0.717, 1.165) is 0 Å². The van der Waals surface area contributed by atoms with Gasteiger partial charge >= 0.3 is 0 Å². The lowest BCUT2D eigenvalue weighted by molar-refractivity contribution is -0.525. The second kappa shape index (κ2) is 4.25. The minimum Gasteiger partial charge on any atom is -0.258 e. The summed E-state index contributed by atoms with van der Waals surface area (Å²) < 4.78 is 0. The van der Waals surface area contributed by atoms with Gasteiger partial charge in [0.1, 0.15) is 0 Å². The molecule has 0 aliphatic carbocycles. The van der Waals surface area contributed by atoms with Gasteiger partial charge in [0.25, 0.3) is 5.96 Å². The molecule has 0 saturated carbocycles. The third-order valence-electron chi connectivity index (χ3n) is 0.819. The van der Waals surface area contributed by atoms with E-state index in [-0.39, 0.29) is 5.96 Å². The van der Waals surface area contributed by atoms with Gasteiger partial charge in [-0.3, -0.25) is 5.32 Å². The number of nitriles is 1. The van der Waals surface area contributed by atoms with Crippen molar-refractivity contribution in [2.75, 3.05) is 0 Å². The maximum atomic E-state index is 10.0. The normalized spacial score (nSPS) is 11.7. The third kappa shape index (κ3) is 6.55. The monoisotopic (exact) mass is 185 g/mol. The summed E-state index contributed by atoms with van der Waals surface area (Å²) in [6.07, 6.45) is 1.55. The SMILES string of the molecule is CC(C)(C)N=C(NC#N)N[N+](=O)[O-]. The molecule has 0 radical (unpaired) electrons. The van der Waals surface area contributed by atoms with Crippen LogP contribution in [0.15, 0.2) is 4.99 Å². The Morgan fingerprint density at radius 2 is 2.15 bits per heavy atom. The zero-order valence-electron chi connectivity index (χ0n) is 7.66. The molecular formula is C6H11N5O2. The van der Waals surface area contributed by atoms with E-state index in [1.54, 1.807) is 32.4 Å². The van der Waals surface area contributed by atoms with Gasteiger partial charge in [-0.1, -0.05) is 5.43 Å². The third-order valence-corrected chi connectivity index (χ3v) is 0.819. The lowest BCUT2D eigenvalue weighted by atomic mass is 10.1. The highest BCUT2D eigenvalue weighted by atomic mass is 16.7. The van der Waals surface area contributed by atoms with Crippen LogP contribution in [0, 0.1) is 21.6 Å². The highest BCUT2D eigenvalue weighted by Crippen LogP contribution is 2.05. The van der Waals surface area contributed by atoms with Gasteiger partial charge in [-0.15, -0.1) is 0 Å². The van der Waals surface area contributed by atoms with E-state index in [9.17, 15) is 10.1 Å². The topological polar surface area (TPSA) is 103 Å². The quantitative estimate of drug-likeness (QED) is 0.149. The molecule has 7 heteroatoms. The Bertz CT molecular complexity index is 259. The number of hydrogen-bond donors (Lipinski definition) is 2. The number of hydrogen-bond acceptors (Lipinski definition) is 4. The summed E-state index contributed by atoms with van der Waals surface area (Å²) in [6.45, 7) is 5.27. The highest BCUT2D eigenvalue weighted by molar-refractivity contribution is 5.80. The highest BCUT2D eigenvalue weighted by Gasteiger charge is 2.12. The molecule has 0 spiro atoms. The van der Waals surface area contributed by atoms with Gasteiger partial charge in [0, 0.05) is 0 Å². The maximum Gasteiger partial charge on any atom is 0.267 e. The van der Waals surface area contributed by atoms with Crippen LogP contribution in [0.1, 0.15) is 20.8 Å². The van der Waals surface area contributed by atoms with Gasteiger partial charge in [0.05, 0.1) is 5.54 Å². The molecule has 0 aromatic rings. The van der Waals surface area contributed by atoms with Crippen LogP contribution in [-0.4, -0.2) is 16.5 Å². The van der Waals surface area contributed by atoms with Gasteiger partial charge in [-0.2, -0.15) is 5.26 Å². The van der Waals surface area contributed by atoms with E-state index >= 15 is 0 Å². The molecule has 72 valence electrons. The lowest BCUT2D eigenvalue weighted by Gasteiger charge is -2.12. The van der Waals surface area contributed by atoms with Crippen molar-refractivity contribution in [3.05, 3.63) is 10.1 Å². The van der Waals surface area contributed by atoms with Crippen LogP contribution in [-0.2, 0) is 0 Å². The van der Waals surface area contributed by atoms with E-state index in [1.807, 2.05) is 0 Å². The molecule has 0 aliphatic heterocycles. The van der Waals surface area contributed by atoms with E-state index in [1.165, 1.54) is 0 Å². The molecule has 0 bridgehead atoms. The predicted octanol–water partition coefficient (Wildman–Crippen LogP) is -0.00712. The van der Waals surface area contributed by atoms with Gasteiger partial charge in [-0.25, -0.2) is 15.1 Å². The van der Waals surface area contributed by atoms with Crippen LogP contribution in [0.25, 0.3) is 0 Å². The standard InChI is InChI=1S/C6H11N5O2/c1-6(2,3)9-5(8-4-7)10-11(12)13/h1-3H3,(H2,8,9,10). The number of aliphatic imine (C=N–C) groups is 1. The Hall–Kier alpha value is -1.84. The fourth-order valence-corrected chi connectivity index (χ4v) is 0.556. The number of nitrogens with zero attached hydrogens (tertiary/aromatic N) is 3. The molecular weight excluding hydrogens is 174 g/mol. The lowest BCUT2D eigenvalue weighted by Crippen LogP contribution is -2.40. The molecule has 0 aromatic heterocycles. The summed E-state index contributed by atoms with van der Waals surface area (Å²) in [5.41, 5.74) is 1.29. The molecule has 0 heterocycles. The van der Waals surface area contributed by atoms with Crippen LogP contribution < -0.4 is 10.7 Å². The van der Waals surface area contributed by atoms with Crippen LogP contribution in [0.2, 0.25) is 0 Å². The molecule has 2 N–H and O–H groups in total. The van der Waals surface area contributed by atoms with E-state index in [0.29, 0.717) is 0 Å². The second-order valence-corrected chi connectivity index (χ2v) is 3.24. The average molecular weight is 185 g/mol. The van der Waals surface area contributed by atoms with Crippen molar-refractivity contribution in [3.63, 3.8) is 0 Å². The first-order chi connectivity index (χ1) is 5.85. The molecule has 0 rings (SSSR count). The molecule has 0 amide bonds. The Morgan fingerprint density at radius 3 is 2.46 bits per heavy atom. The van der Waals surface area contributed by atoms with Crippen LogP contribution in [0.3, 0.4) is 0 Å². The van der Waals surface area contributed by atoms with Crippen molar-refractivity contribution in [3.8, 4) is 6.19 Å². The van der Waals surface area contributed by atoms with Crippen molar-refractivity contribution in [1.29, 1.82) is 5.26 Å². The minimum absolute atomic E-state index is 0.167. The zero-order chi connectivity index (χ0) is 10.5. The van der Waals surface area contributed by atoms with E-state index in [4.69, 9.17) is 5.26 Å². The molecule has 0 fully saturated rings. The first kappa shape index (κ1) is 11.2. The first-order valence-electron chi connectivity index (χ1n) is 3.51. The minimum atomic E-state index is -0.783. The van der Waals surface area contributed by atoms with E-state index < -0.39 is 10.6 Å². The number of guanidine groups is 1. The molecule has 0 aromatic carbocycles. The van der Waals surface area contributed by atoms with Gasteiger partial charge < -0.3 is 0 Å². The van der Waals surface area contributed by atoms with Crippen molar-refractivity contribution in [2.24, 2.45) is 4.99 Å². The van der Waals surface area contributed by atoms with Crippen LogP contribution >= 0.6 is 0 Å². The van der Waals surface area contributed by atoms with Gasteiger partial charge in [0.15, 0.2) is 11.2 Å². The van der Waals surface area contributed by atoms with Crippen molar-refractivity contribution < 1.29 is 5.03 Å². The number of hydrazine groups is 1.